The molecule has 2 aromatic heterocycles. The molecule has 258 valence electrons. The molecular weight excluding hydrogens is 743 g/mol. The van der Waals surface area contributed by atoms with Crippen molar-refractivity contribution in [1.82, 2.24) is 19.4 Å². The number of anilines is 4. The van der Waals surface area contributed by atoms with Crippen LogP contribution in [0.15, 0.2) is 48.8 Å². The van der Waals surface area contributed by atoms with Gasteiger partial charge in [0.2, 0.25) is 5.95 Å². The van der Waals surface area contributed by atoms with Crippen LogP contribution < -0.4 is 20.7 Å². The quantitative estimate of drug-likeness (QED) is 0.176. The first-order valence-corrected chi connectivity index (χ1v) is 22.9. The highest BCUT2D eigenvalue weighted by Crippen LogP contribution is 2.38. The molecule has 1 saturated heterocycles. The van der Waals surface area contributed by atoms with Gasteiger partial charge in [0.1, 0.15) is 11.3 Å². The summed E-state index contributed by atoms with van der Waals surface area (Å²) < 4.78 is 13.3. The zero-order valence-electron chi connectivity index (χ0n) is 27.5. The van der Waals surface area contributed by atoms with Gasteiger partial charge in [0.25, 0.3) is 0 Å². The molecule has 17 heteroatoms. The number of methoxy groups -OCH3 is 1. The molecule has 0 saturated carbocycles. The topological polar surface area (TPSA) is 111 Å². The Balaban J connectivity index is 0.000000671. The van der Waals surface area contributed by atoms with Gasteiger partial charge in [0.05, 0.1) is 36.0 Å². The van der Waals surface area contributed by atoms with E-state index in [9.17, 15) is 4.79 Å². The van der Waals surface area contributed by atoms with Crippen molar-refractivity contribution in [2.24, 2.45) is 7.05 Å². The number of aromatic nitrogens is 3. The number of fused-ring (bicyclic) bond motifs is 1. The number of likely N-dealkylation sites (tertiary alicyclic amines) is 1. The fourth-order valence-corrected chi connectivity index (χ4v) is 13.8. The smallest absolute Gasteiger partial charge is 0.342 e. The standard InChI is InChI=1S/C31H39N7O3.S7/c1-19(2)41-30(39)22-16-33-31(35-29(22)23-18-38(5)26-12-8-7-11-21(23)26)34-25-14-24(32)27(15-28(25)40-6)37(4)17-20-10-9-13-36(20)3;1-3-5-7-6-4-2/h7-8,11-12,14-16,18-20H,9-10,13,17,32H2,1-6H3,(H,33,34,35);/t20-;/m1./s1. The summed E-state index contributed by atoms with van der Waals surface area (Å²) in [6.07, 6.45) is 5.58. The van der Waals surface area contributed by atoms with Crippen LogP contribution in [0.4, 0.5) is 23.0 Å². The Morgan fingerprint density at radius 3 is 2.54 bits per heavy atom. The minimum atomic E-state index is -0.475. The van der Waals surface area contributed by atoms with E-state index in [1.807, 2.05) is 68.1 Å². The first kappa shape index (κ1) is 38.0. The summed E-state index contributed by atoms with van der Waals surface area (Å²) in [5, 5.41) is 4.24. The molecule has 0 amide bonds. The number of hydrogen-bond donors (Lipinski definition) is 2. The van der Waals surface area contributed by atoms with Gasteiger partial charge in [-0.1, -0.05) is 18.2 Å². The van der Waals surface area contributed by atoms with Gasteiger partial charge < -0.3 is 34.9 Å². The highest BCUT2D eigenvalue weighted by molar-refractivity contribution is 8.68. The number of para-hydroxylation sites is 1. The SMILES string of the molecule is COc1cc(N(C)C[C@H]2CCCN2C)c(N)cc1Nc1ncc(C(=O)OC(C)C)c(-c2cn(C)c3ccccc23)n1.S=S=S=S=S=S=S. The second-order valence-electron chi connectivity index (χ2n) is 11.3. The molecule has 3 N–H and O–H groups in total. The van der Waals surface area contributed by atoms with Gasteiger partial charge >= 0.3 is 5.97 Å². The van der Waals surface area contributed by atoms with Crippen LogP contribution in [0.25, 0.3) is 22.2 Å². The molecule has 0 aliphatic carbocycles. The van der Waals surface area contributed by atoms with Crippen molar-refractivity contribution in [3.63, 3.8) is 0 Å². The van der Waals surface area contributed by atoms with Crippen molar-refractivity contribution >= 4 is 107 Å². The Bertz CT molecular complexity index is 1970. The van der Waals surface area contributed by atoms with E-state index in [2.05, 4.69) is 56.6 Å². The van der Waals surface area contributed by atoms with Crippen molar-refractivity contribution in [2.45, 2.75) is 38.8 Å². The first-order chi connectivity index (χ1) is 23.1. The van der Waals surface area contributed by atoms with E-state index in [4.69, 9.17) is 20.2 Å². The summed E-state index contributed by atoms with van der Waals surface area (Å²) >= 11 is 9.14. The molecule has 10 nitrogen and oxygen atoms in total. The highest BCUT2D eigenvalue weighted by Gasteiger charge is 2.25. The molecule has 1 fully saturated rings. The molecule has 48 heavy (non-hydrogen) atoms. The van der Waals surface area contributed by atoms with Crippen LogP contribution in [-0.4, -0.2) is 71.8 Å². The Morgan fingerprint density at radius 1 is 1.17 bits per heavy atom. The zero-order chi connectivity index (χ0) is 34.8. The Morgan fingerprint density at radius 2 is 1.90 bits per heavy atom. The number of esters is 1. The molecule has 3 heterocycles. The number of nitrogens with zero attached hydrogens (tertiary/aromatic N) is 5. The minimum absolute atomic E-state index is 0.279. The minimum Gasteiger partial charge on any atom is -0.494 e. The predicted molar refractivity (Wildman–Crippen MR) is 216 cm³/mol. The summed E-state index contributed by atoms with van der Waals surface area (Å²) in [6.45, 7) is 5.63. The third-order valence-corrected chi connectivity index (χ3v) is 16.7. The van der Waals surface area contributed by atoms with Gasteiger partial charge in [-0.2, -0.15) is 0 Å². The normalized spacial score (nSPS) is 14.1. The summed E-state index contributed by atoms with van der Waals surface area (Å²) in [5.74, 6) is 0.441. The maximum Gasteiger partial charge on any atom is 0.342 e. The Kier molecular flexibility index (Phi) is 14.5. The second kappa shape index (κ2) is 18.3. The van der Waals surface area contributed by atoms with Crippen molar-refractivity contribution < 1.29 is 14.3 Å². The zero-order valence-corrected chi connectivity index (χ0v) is 33.2. The molecule has 4 aromatic rings. The number of hydrogen-bond acceptors (Lipinski definition) is 11. The van der Waals surface area contributed by atoms with Crippen LogP contribution in [-0.2, 0) is 78.6 Å². The lowest BCUT2D eigenvalue weighted by atomic mass is 10.1. The van der Waals surface area contributed by atoms with Crippen molar-refractivity contribution in [1.29, 1.82) is 0 Å². The molecule has 1 aliphatic heterocycles. The average molecular weight is 782 g/mol. The molecule has 0 radical (unpaired) electrons. The Hall–Kier alpha value is -2.77. The van der Waals surface area contributed by atoms with Gasteiger partial charge in [-0.3, -0.25) is 0 Å². The fourth-order valence-electron chi connectivity index (χ4n) is 5.57. The number of nitrogens with two attached hydrogens (primary N) is 1. The number of carbonyl (C=O) groups excluding carboxylic acids is 1. The van der Waals surface area contributed by atoms with E-state index in [0.717, 1.165) is 35.2 Å². The number of likely N-dealkylation sites (N-methyl/N-ethyl adjacent to an activating group) is 2. The van der Waals surface area contributed by atoms with E-state index >= 15 is 0 Å². The Labute approximate surface area is 305 Å². The van der Waals surface area contributed by atoms with E-state index in [1.165, 1.54) is 36.8 Å². The third-order valence-electron chi connectivity index (χ3n) is 7.78. The number of nitrogens with one attached hydrogen (secondary N) is 1. The lowest BCUT2D eigenvalue weighted by Crippen LogP contribution is -2.36. The van der Waals surface area contributed by atoms with Crippen LogP contribution in [0.1, 0.15) is 37.0 Å². The van der Waals surface area contributed by atoms with Gasteiger partial charge in [-0.25, -0.2) is 14.8 Å². The maximum absolute atomic E-state index is 13.1. The van der Waals surface area contributed by atoms with Crippen LogP contribution in [0.3, 0.4) is 0 Å². The van der Waals surface area contributed by atoms with Crippen molar-refractivity contribution in [3.05, 3.63) is 54.4 Å². The molecule has 2 aromatic carbocycles. The monoisotopic (exact) mass is 781 g/mol. The predicted octanol–water partition coefficient (Wildman–Crippen LogP) is 5.05. The highest BCUT2D eigenvalue weighted by atomic mass is 33.4. The average Bonchev–Trinajstić information content (AvgIpc) is 3.63. The van der Waals surface area contributed by atoms with Crippen LogP contribution in [0.2, 0.25) is 0 Å². The molecular formula is C31H39N7O3S7. The third kappa shape index (κ3) is 9.68. The number of benzene rings is 2. The summed E-state index contributed by atoms with van der Waals surface area (Å²) in [5.41, 5.74) is 11.3. The number of carbonyl (C=O) groups is 1. The largest absolute Gasteiger partial charge is 0.494 e. The number of aryl methyl sites for hydroxylation is 1. The van der Waals surface area contributed by atoms with Crippen molar-refractivity contribution in [2.75, 3.05) is 50.2 Å². The van der Waals surface area contributed by atoms with E-state index in [0.29, 0.717) is 40.4 Å². The van der Waals surface area contributed by atoms with Gasteiger partial charge in [0, 0.05) is 128 Å². The number of ether oxygens (including phenoxy) is 2. The summed E-state index contributed by atoms with van der Waals surface area (Å²) in [7, 11) is 15.2. The number of rotatable bonds is 9. The summed E-state index contributed by atoms with van der Waals surface area (Å²) in [4.78, 5) is 26.9. The van der Waals surface area contributed by atoms with Gasteiger partial charge in [0.15, 0.2) is 0 Å². The number of nitrogen functional groups attached to an aromatic ring is 1. The molecule has 1 aliphatic rings. The van der Waals surface area contributed by atoms with E-state index in [1.54, 1.807) is 33.8 Å². The molecule has 5 rings (SSSR count). The van der Waals surface area contributed by atoms with Gasteiger partial charge in [-0.15, -0.1) is 0 Å². The first-order valence-electron chi connectivity index (χ1n) is 14.9. The maximum atomic E-state index is 13.1. The molecule has 1 atom stereocenters. The van der Waals surface area contributed by atoms with Crippen LogP contribution in [0, 0.1) is 0 Å². The van der Waals surface area contributed by atoms with E-state index < -0.39 is 5.97 Å². The van der Waals surface area contributed by atoms with E-state index in [-0.39, 0.29) is 6.10 Å². The van der Waals surface area contributed by atoms with Gasteiger partial charge in [-0.05, 0) is 52.4 Å². The lowest BCUT2D eigenvalue weighted by molar-refractivity contribution is 0.0378. The van der Waals surface area contributed by atoms with Crippen molar-refractivity contribution in [3.8, 4) is 17.0 Å². The second-order valence-corrected chi connectivity index (χ2v) is 20.2. The fraction of sp³-hybridized carbons (Fsp3) is 0.387. The molecule has 0 spiro atoms. The lowest BCUT2D eigenvalue weighted by Gasteiger charge is -2.29. The molecule has 0 unspecified atom stereocenters. The van der Waals surface area contributed by atoms with Crippen LogP contribution >= 0.6 is 0 Å². The molecule has 0 bridgehead atoms. The summed E-state index contributed by atoms with van der Waals surface area (Å²) in [6, 6.07) is 12.3. The van der Waals surface area contributed by atoms with Crippen LogP contribution in [0.5, 0.6) is 5.75 Å².